The number of ether oxygens (including phenoxy) is 1. The Hall–Kier alpha value is -2.30. The van der Waals surface area contributed by atoms with Crippen LogP contribution in [0, 0.1) is 11.3 Å². The fraction of sp³-hybridized carbons (Fsp3) is 0.286. The monoisotopic (exact) mass is 297 g/mol. The first-order chi connectivity index (χ1) is 10.4. The van der Waals surface area contributed by atoms with E-state index in [9.17, 15) is 5.26 Å². The van der Waals surface area contributed by atoms with Crippen molar-refractivity contribution in [3.63, 3.8) is 0 Å². The molecular weight excluding hydrogens is 286 g/mol. The van der Waals surface area contributed by atoms with Gasteiger partial charge in [-0.05, 0) is 25.0 Å². The normalized spacial score (nSPS) is 18.1. The summed E-state index contributed by atoms with van der Waals surface area (Å²) in [5.74, 6) is 0. The molecule has 0 saturated carbocycles. The van der Waals surface area contributed by atoms with Crippen molar-refractivity contribution in [2.75, 3.05) is 6.61 Å². The van der Waals surface area contributed by atoms with Crippen LogP contribution in [-0.4, -0.2) is 26.2 Å². The first-order valence-electron chi connectivity index (χ1n) is 6.69. The van der Waals surface area contributed by atoms with Crippen molar-refractivity contribution in [2.24, 2.45) is 0 Å². The van der Waals surface area contributed by atoms with Gasteiger partial charge in [-0.15, -0.1) is 0 Å². The zero-order valence-electron chi connectivity index (χ0n) is 11.1. The van der Waals surface area contributed by atoms with E-state index >= 15 is 0 Å². The summed E-state index contributed by atoms with van der Waals surface area (Å²) in [6.45, 7) is 0.775. The van der Waals surface area contributed by atoms with Crippen LogP contribution in [0.1, 0.15) is 29.6 Å². The summed E-state index contributed by atoms with van der Waals surface area (Å²) in [7, 11) is 0. The average Bonchev–Trinajstić information content (AvgIpc) is 3.22. The summed E-state index contributed by atoms with van der Waals surface area (Å²) in [6, 6.07) is 7.74. The predicted octanol–water partition coefficient (Wildman–Crippen LogP) is 2.58. The van der Waals surface area contributed by atoms with Gasteiger partial charge in [0.1, 0.15) is 22.9 Å². The topological polar surface area (TPSA) is 76.1 Å². The number of fused-ring (bicyclic) bond motifs is 1. The van der Waals surface area contributed by atoms with Crippen molar-refractivity contribution >= 4 is 16.3 Å². The second kappa shape index (κ2) is 4.91. The zero-order valence-corrected chi connectivity index (χ0v) is 11.9. The number of pyridine rings is 1. The Kier molecular flexibility index (Phi) is 2.91. The summed E-state index contributed by atoms with van der Waals surface area (Å²) in [6.07, 6.45) is 3.76. The smallest absolute Gasteiger partial charge is 0.214 e. The molecule has 3 aromatic rings. The Morgan fingerprint density at radius 1 is 1.43 bits per heavy atom. The Morgan fingerprint density at radius 3 is 3.10 bits per heavy atom. The van der Waals surface area contributed by atoms with Gasteiger partial charge in [-0.25, -0.2) is 4.98 Å². The lowest BCUT2D eigenvalue weighted by atomic mass is 10.2. The molecule has 0 N–H and O–H groups in total. The predicted molar refractivity (Wildman–Crippen MR) is 76.7 cm³/mol. The summed E-state index contributed by atoms with van der Waals surface area (Å²) in [5.41, 5.74) is 1.69. The van der Waals surface area contributed by atoms with E-state index in [2.05, 4.69) is 21.1 Å². The standard InChI is InChI=1S/C14H11N5OS/c15-8-10-12(9-4-1-2-6-16-9)17-14-19(10)18-13(21-14)11-5-3-7-20-11/h1-2,4,6,11H,3,5,7H2. The van der Waals surface area contributed by atoms with Crippen LogP contribution in [0.4, 0.5) is 0 Å². The summed E-state index contributed by atoms with van der Waals surface area (Å²) in [5, 5.41) is 14.8. The van der Waals surface area contributed by atoms with Crippen LogP contribution in [0.2, 0.25) is 0 Å². The molecule has 0 amide bonds. The van der Waals surface area contributed by atoms with Crippen LogP contribution in [0.15, 0.2) is 24.4 Å². The fourth-order valence-electron chi connectivity index (χ4n) is 2.45. The van der Waals surface area contributed by atoms with E-state index in [-0.39, 0.29) is 6.10 Å². The third-order valence-corrected chi connectivity index (χ3v) is 4.44. The molecule has 0 bridgehead atoms. The van der Waals surface area contributed by atoms with Crippen LogP contribution in [-0.2, 0) is 4.74 Å². The molecule has 1 aliphatic heterocycles. The maximum absolute atomic E-state index is 9.44. The minimum atomic E-state index is 0.0431. The van der Waals surface area contributed by atoms with Gasteiger partial charge in [0, 0.05) is 12.8 Å². The van der Waals surface area contributed by atoms with E-state index in [1.807, 2.05) is 18.2 Å². The molecule has 0 aliphatic carbocycles. The molecule has 21 heavy (non-hydrogen) atoms. The molecule has 4 rings (SSSR count). The Labute approximate surface area is 124 Å². The maximum atomic E-state index is 9.44. The highest BCUT2D eigenvalue weighted by Gasteiger charge is 2.25. The number of nitrogens with zero attached hydrogens (tertiary/aromatic N) is 5. The van der Waals surface area contributed by atoms with Gasteiger partial charge in [-0.2, -0.15) is 14.9 Å². The van der Waals surface area contributed by atoms with Crippen molar-refractivity contribution in [1.82, 2.24) is 19.6 Å². The van der Waals surface area contributed by atoms with E-state index in [0.717, 1.165) is 24.5 Å². The quantitative estimate of drug-likeness (QED) is 0.726. The summed E-state index contributed by atoms with van der Waals surface area (Å²) in [4.78, 5) is 9.49. The van der Waals surface area contributed by atoms with Gasteiger partial charge in [0.25, 0.3) is 0 Å². The van der Waals surface area contributed by atoms with Gasteiger partial charge in [0.2, 0.25) is 4.96 Å². The van der Waals surface area contributed by atoms with E-state index in [4.69, 9.17) is 4.74 Å². The van der Waals surface area contributed by atoms with Gasteiger partial charge in [0.05, 0.1) is 5.69 Å². The SMILES string of the molecule is N#Cc1c(-c2ccccn2)nc2sc(C3CCCO3)nn12. The first-order valence-corrected chi connectivity index (χ1v) is 7.51. The van der Waals surface area contributed by atoms with E-state index in [1.165, 1.54) is 11.3 Å². The minimum Gasteiger partial charge on any atom is -0.371 e. The lowest BCUT2D eigenvalue weighted by Gasteiger charge is -2.02. The fourth-order valence-corrected chi connectivity index (χ4v) is 3.43. The van der Waals surface area contributed by atoms with Crippen LogP contribution >= 0.6 is 11.3 Å². The van der Waals surface area contributed by atoms with Gasteiger partial charge in [-0.1, -0.05) is 17.4 Å². The average molecular weight is 297 g/mol. The number of rotatable bonds is 2. The number of aromatic nitrogens is 4. The van der Waals surface area contributed by atoms with Gasteiger partial charge in [0.15, 0.2) is 5.69 Å². The molecule has 3 aromatic heterocycles. The van der Waals surface area contributed by atoms with Crippen LogP contribution in [0.25, 0.3) is 16.3 Å². The second-order valence-electron chi connectivity index (χ2n) is 4.77. The first kappa shape index (κ1) is 12.4. The molecule has 1 fully saturated rings. The number of imidazole rings is 1. The largest absolute Gasteiger partial charge is 0.371 e. The van der Waals surface area contributed by atoms with Crippen molar-refractivity contribution in [3.8, 4) is 17.5 Å². The van der Waals surface area contributed by atoms with Crippen LogP contribution in [0.3, 0.4) is 0 Å². The highest BCUT2D eigenvalue weighted by atomic mass is 32.1. The highest BCUT2D eigenvalue weighted by molar-refractivity contribution is 7.16. The van der Waals surface area contributed by atoms with Gasteiger partial charge < -0.3 is 4.74 Å². The number of hydrogen-bond donors (Lipinski definition) is 0. The minimum absolute atomic E-state index is 0.0431. The van der Waals surface area contributed by atoms with Crippen molar-refractivity contribution in [1.29, 1.82) is 5.26 Å². The van der Waals surface area contributed by atoms with Crippen molar-refractivity contribution < 1.29 is 4.74 Å². The molecule has 1 aliphatic rings. The summed E-state index contributed by atoms with van der Waals surface area (Å²) < 4.78 is 7.24. The highest BCUT2D eigenvalue weighted by Crippen LogP contribution is 2.33. The lowest BCUT2D eigenvalue weighted by Crippen LogP contribution is -1.98. The number of nitriles is 1. The second-order valence-corrected chi connectivity index (χ2v) is 5.76. The molecule has 1 atom stereocenters. The van der Waals surface area contributed by atoms with Gasteiger partial charge >= 0.3 is 0 Å². The molecule has 1 unspecified atom stereocenters. The van der Waals surface area contributed by atoms with E-state index in [1.54, 1.807) is 10.7 Å². The molecule has 104 valence electrons. The Balaban J connectivity index is 1.84. The van der Waals surface area contributed by atoms with Gasteiger partial charge in [-0.3, -0.25) is 4.98 Å². The van der Waals surface area contributed by atoms with E-state index in [0.29, 0.717) is 22.0 Å². The van der Waals surface area contributed by atoms with Crippen molar-refractivity contribution in [2.45, 2.75) is 18.9 Å². The maximum Gasteiger partial charge on any atom is 0.214 e. The zero-order chi connectivity index (χ0) is 14.2. The Morgan fingerprint density at radius 2 is 2.38 bits per heavy atom. The molecule has 0 radical (unpaired) electrons. The Bertz CT molecular complexity index is 826. The van der Waals surface area contributed by atoms with E-state index < -0.39 is 0 Å². The molecule has 0 aromatic carbocycles. The molecule has 0 spiro atoms. The molecule has 6 nitrogen and oxygen atoms in total. The number of hydrogen-bond acceptors (Lipinski definition) is 6. The molecule has 4 heterocycles. The third kappa shape index (κ3) is 2.00. The third-order valence-electron chi connectivity index (χ3n) is 3.44. The molecular formula is C14H11N5OS. The molecule has 7 heteroatoms. The van der Waals surface area contributed by atoms with Crippen LogP contribution in [0.5, 0.6) is 0 Å². The molecule has 1 saturated heterocycles. The summed E-state index contributed by atoms with van der Waals surface area (Å²) >= 11 is 1.48. The lowest BCUT2D eigenvalue weighted by molar-refractivity contribution is 0.111. The van der Waals surface area contributed by atoms with Crippen LogP contribution < -0.4 is 0 Å². The van der Waals surface area contributed by atoms with Crippen molar-refractivity contribution in [3.05, 3.63) is 35.1 Å².